The minimum atomic E-state index is -0.360. The molecule has 0 fully saturated rings. The van der Waals surface area contributed by atoms with Gasteiger partial charge in [0.1, 0.15) is 0 Å². The predicted octanol–water partition coefficient (Wildman–Crippen LogP) is 4.22. The number of aromatic nitrogens is 2. The molecule has 3 aromatic rings. The summed E-state index contributed by atoms with van der Waals surface area (Å²) in [5, 5.41) is 3.32. The van der Waals surface area contributed by atoms with E-state index in [-0.39, 0.29) is 5.97 Å². The highest BCUT2D eigenvalue weighted by Crippen LogP contribution is 2.27. The number of hydrogen-bond donors (Lipinski definition) is 2. The number of esters is 1. The van der Waals surface area contributed by atoms with E-state index >= 15 is 0 Å². The third-order valence-electron chi connectivity index (χ3n) is 3.74. The maximum absolute atomic E-state index is 11.6. The molecule has 0 spiro atoms. The Labute approximate surface area is 134 Å². The van der Waals surface area contributed by atoms with Crippen molar-refractivity contribution in [2.24, 2.45) is 0 Å². The van der Waals surface area contributed by atoms with Crippen molar-refractivity contribution in [2.75, 3.05) is 12.4 Å². The van der Waals surface area contributed by atoms with E-state index in [1.807, 2.05) is 18.2 Å². The Kier molecular flexibility index (Phi) is 4.02. The molecule has 0 amide bonds. The lowest BCUT2D eigenvalue weighted by atomic mass is 10.0. The lowest BCUT2D eigenvalue weighted by Crippen LogP contribution is -2.00. The number of nitrogens with one attached hydrogen (secondary N) is 2. The molecule has 1 heterocycles. The van der Waals surface area contributed by atoms with Crippen LogP contribution in [0.15, 0.2) is 42.5 Å². The summed E-state index contributed by atoms with van der Waals surface area (Å²) in [4.78, 5) is 19.3. The average Bonchev–Trinajstić information content (AvgIpc) is 2.95. The van der Waals surface area contributed by atoms with Gasteiger partial charge < -0.3 is 15.0 Å². The first-order valence-corrected chi connectivity index (χ1v) is 7.52. The van der Waals surface area contributed by atoms with Crippen molar-refractivity contribution in [3.8, 4) is 0 Å². The van der Waals surface area contributed by atoms with Crippen LogP contribution in [0.5, 0.6) is 0 Å². The van der Waals surface area contributed by atoms with Gasteiger partial charge in [0.15, 0.2) is 0 Å². The molecule has 0 aliphatic carbocycles. The summed E-state index contributed by atoms with van der Waals surface area (Å²) in [6.45, 7) is 4.31. The minimum absolute atomic E-state index is 0.360. The summed E-state index contributed by atoms with van der Waals surface area (Å²) in [5.41, 5.74) is 4.33. The summed E-state index contributed by atoms with van der Waals surface area (Å²) in [6.07, 6.45) is 0. The predicted molar refractivity (Wildman–Crippen MR) is 91.2 cm³/mol. The van der Waals surface area contributed by atoms with Crippen LogP contribution in [-0.4, -0.2) is 23.0 Å². The van der Waals surface area contributed by atoms with Crippen LogP contribution in [0.1, 0.15) is 35.7 Å². The Balaban J connectivity index is 1.94. The molecule has 0 saturated heterocycles. The van der Waals surface area contributed by atoms with Gasteiger partial charge >= 0.3 is 5.97 Å². The Bertz CT molecular complexity index is 852. The molecule has 2 N–H and O–H groups in total. The van der Waals surface area contributed by atoms with Crippen LogP contribution in [0.4, 0.5) is 11.6 Å². The normalized spacial score (nSPS) is 11.0. The number of aromatic amines is 1. The first-order chi connectivity index (χ1) is 11.1. The molecule has 5 nitrogen and oxygen atoms in total. The molecule has 3 rings (SSSR count). The standard InChI is InChI=1S/C18H19N3O2/c1-11(2)13-6-4-5-7-14(13)19-18-20-15-9-8-12(17(22)23-3)10-16(15)21-18/h4-11H,1-3H3,(H2,19,20,21). The second-order valence-electron chi connectivity index (χ2n) is 5.68. The van der Waals surface area contributed by atoms with Crippen LogP contribution in [0.3, 0.4) is 0 Å². The van der Waals surface area contributed by atoms with Crippen LogP contribution >= 0.6 is 0 Å². The zero-order chi connectivity index (χ0) is 16.4. The average molecular weight is 309 g/mol. The van der Waals surface area contributed by atoms with Gasteiger partial charge in [-0.2, -0.15) is 0 Å². The van der Waals surface area contributed by atoms with Gasteiger partial charge in [-0.1, -0.05) is 32.0 Å². The van der Waals surface area contributed by atoms with Crippen molar-refractivity contribution in [1.29, 1.82) is 0 Å². The van der Waals surface area contributed by atoms with Crippen LogP contribution < -0.4 is 5.32 Å². The molecule has 0 aliphatic heterocycles. The zero-order valence-corrected chi connectivity index (χ0v) is 13.4. The van der Waals surface area contributed by atoms with E-state index in [1.54, 1.807) is 18.2 Å². The Morgan fingerprint density at radius 3 is 2.74 bits per heavy atom. The number of fused-ring (bicyclic) bond motifs is 1. The highest BCUT2D eigenvalue weighted by atomic mass is 16.5. The quantitative estimate of drug-likeness (QED) is 0.708. The monoisotopic (exact) mass is 309 g/mol. The molecule has 0 unspecified atom stereocenters. The van der Waals surface area contributed by atoms with E-state index in [0.29, 0.717) is 17.4 Å². The molecule has 0 saturated carbocycles. The van der Waals surface area contributed by atoms with Crippen LogP contribution in [0.2, 0.25) is 0 Å². The molecule has 1 aromatic heterocycles. The number of carbonyl (C=O) groups is 1. The fraction of sp³-hybridized carbons (Fsp3) is 0.222. The number of nitrogens with zero attached hydrogens (tertiary/aromatic N) is 1. The molecule has 5 heteroatoms. The van der Waals surface area contributed by atoms with Gasteiger partial charge in [0.05, 0.1) is 23.7 Å². The fourth-order valence-corrected chi connectivity index (χ4v) is 2.56. The molecule has 0 atom stereocenters. The number of para-hydroxylation sites is 1. The Hall–Kier alpha value is -2.82. The van der Waals surface area contributed by atoms with Gasteiger partial charge in [-0.3, -0.25) is 0 Å². The van der Waals surface area contributed by atoms with Crippen LogP contribution in [0.25, 0.3) is 11.0 Å². The molecule has 23 heavy (non-hydrogen) atoms. The Morgan fingerprint density at radius 1 is 1.22 bits per heavy atom. The van der Waals surface area contributed by atoms with Crippen molar-refractivity contribution < 1.29 is 9.53 Å². The number of H-pyrrole nitrogens is 1. The molecule has 2 aromatic carbocycles. The smallest absolute Gasteiger partial charge is 0.337 e. The molecule has 118 valence electrons. The highest BCUT2D eigenvalue weighted by molar-refractivity contribution is 5.94. The van der Waals surface area contributed by atoms with Gasteiger partial charge in [0.2, 0.25) is 5.95 Å². The van der Waals surface area contributed by atoms with Crippen LogP contribution in [0, 0.1) is 0 Å². The first kappa shape index (κ1) is 15.1. The minimum Gasteiger partial charge on any atom is -0.465 e. The van der Waals surface area contributed by atoms with E-state index in [2.05, 4.69) is 35.2 Å². The molecular formula is C18H19N3O2. The SMILES string of the molecule is COC(=O)c1ccc2nc(Nc3ccccc3C(C)C)[nH]c2c1. The summed E-state index contributed by atoms with van der Waals surface area (Å²) in [6, 6.07) is 13.4. The van der Waals surface area contributed by atoms with E-state index in [4.69, 9.17) is 4.74 Å². The number of methoxy groups -OCH3 is 1. The largest absolute Gasteiger partial charge is 0.465 e. The maximum Gasteiger partial charge on any atom is 0.337 e. The van der Waals surface area contributed by atoms with Crippen molar-refractivity contribution in [3.05, 3.63) is 53.6 Å². The van der Waals surface area contributed by atoms with Crippen molar-refractivity contribution in [2.45, 2.75) is 19.8 Å². The molecule has 0 radical (unpaired) electrons. The number of rotatable bonds is 4. The number of ether oxygens (including phenoxy) is 1. The second kappa shape index (κ2) is 6.12. The Morgan fingerprint density at radius 2 is 2.00 bits per heavy atom. The van der Waals surface area contributed by atoms with Gasteiger partial charge in [-0.25, -0.2) is 9.78 Å². The summed E-state index contributed by atoms with van der Waals surface area (Å²) >= 11 is 0. The van der Waals surface area contributed by atoms with Crippen molar-refractivity contribution in [1.82, 2.24) is 9.97 Å². The third kappa shape index (κ3) is 3.04. The highest BCUT2D eigenvalue weighted by Gasteiger charge is 2.11. The van der Waals surface area contributed by atoms with Crippen molar-refractivity contribution in [3.63, 3.8) is 0 Å². The van der Waals surface area contributed by atoms with E-state index in [9.17, 15) is 4.79 Å². The van der Waals surface area contributed by atoms with Crippen molar-refractivity contribution >= 4 is 28.6 Å². The lowest BCUT2D eigenvalue weighted by molar-refractivity contribution is 0.0601. The second-order valence-corrected chi connectivity index (χ2v) is 5.68. The number of hydrogen-bond acceptors (Lipinski definition) is 4. The number of imidazole rings is 1. The molecule has 0 aliphatic rings. The third-order valence-corrected chi connectivity index (χ3v) is 3.74. The van der Waals surface area contributed by atoms with Crippen LogP contribution in [-0.2, 0) is 4.74 Å². The lowest BCUT2D eigenvalue weighted by Gasteiger charge is -2.12. The van der Waals surface area contributed by atoms with E-state index < -0.39 is 0 Å². The fourth-order valence-electron chi connectivity index (χ4n) is 2.56. The topological polar surface area (TPSA) is 67.0 Å². The van der Waals surface area contributed by atoms with Gasteiger partial charge in [0.25, 0.3) is 0 Å². The van der Waals surface area contributed by atoms with Gasteiger partial charge in [0, 0.05) is 5.69 Å². The number of carbonyl (C=O) groups excluding carboxylic acids is 1. The molecule has 0 bridgehead atoms. The summed E-state index contributed by atoms with van der Waals surface area (Å²) in [5.74, 6) is 0.699. The van der Waals surface area contributed by atoms with Gasteiger partial charge in [-0.15, -0.1) is 0 Å². The van der Waals surface area contributed by atoms with E-state index in [0.717, 1.165) is 16.7 Å². The summed E-state index contributed by atoms with van der Waals surface area (Å²) in [7, 11) is 1.37. The maximum atomic E-state index is 11.6. The van der Waals surface area contributed by atoms with E-state index in [1.165, 1.54) is 12.7 Å². The number of anilines is 2. The zero-order valence-electron chi connectivity index (χ0n) is 13.4. The molecular weight excluding hydrogens is 290 g/mol. The first-order valence-electron chi connectivity index (χ1n) is 7.52. The summed E-state index contributed by atoms with van der Waals surface area (Å²) < 4.78 is 4.74. The number of benzene rings is 2. The van der Waals surface area contributed by atoms with Gasteiger partial charge in [-0.05, 0) is 35.7 Å².